The average Bonchev–Trinajstić information content (AvgIpc) is 1.56. The Morgan fingerprint density at radius 2 is 0.500 bits per heavy atom. The maximum absolute atomic E-state index is 6.45. The molecule has 22 rings (SSSR count). The molecule has 2 saturated carbocycles. The first-order valence-corrected chi connectivity index (χ1v) is 39.6. The van der Waals surface area contributed by atoms with Crippen molar-refractivity contribution in [2.45, 2.75) is 75.0 Å². The van der Waals surface area contributed by atoms with Gasteiger partial charge in [0.25, 0.3) is 0 Å². The first-order chi connectivity index (χ1) is 54.4. The van der Waals surface area contributed by atoms with Gasteiger partial charge in [-0.2, -0.15) is 0 Å². The van der Waals surface area contributed by atoms with Gasteiger partial charge < -0.3 is 4.42 Å². The van der Waals surface area contributed by atoms with Crippen LogP contribution in [-0.4, -0.2) is 29.9 Å². The molecule has 0 bridgehead atoms. The van der Waals surface area contributed by atoms with E-state index >= 15 is 0 Å². The van der Waals surface area contributed by atoms with E-state index in [-0.39, 0.29) is 10.8 Å². The van der Waals surface area contributed by atoms with Crippen molar-refractivity contribution in [2.75, 3.05) is 0 Å². The fourth-order valence-electron chi connectivity index (χ4n) is 18.6. The summed E-state index contributed by atoms with van der Waals surface area (Å²) in [5.74, 6) is 3.90. The first kappa shape index (κ1) is 65.4. The third-order valence-electron chi connectivity index (χ3n) is 23.9. The normalized spacial score (nSPS) is 14.3. The molecule has 2 fully saturated rings. The minimum atomic E-state index is 0.119. The van der Waals surface area contributed by atoms with Crippen LogP contribution in [0.4, 0.5) is 0 Å². The molecule has 4 aliphatic carbocycles. The van der Waals surface area contributed by atoms with E-state index in [9.17, 15) is 0 Å². The number of aromatic nitrogens is 6. The van der Waals surface area contributed by atoms with Crippen LogP contribution in [0.3, 0.4) is 0 Å². The Kier molecular flexibility index (Phi) is 16.1. The van der Waals surface area contributed by atoms with E-state index in [0.717, 1.165) is 66.4 Å². The maximum atomic E-state index is 6.45. The molecule has 0 N–H and O–H groups in total. The number of rotatable bonds is 10. The molecule has 4 heterocycles. The summed E-state index contributed by atoms with van der Waals surface area (Å²) in [6, 6.07) is 117. The van der Waals surface area contributed by atoms with Crippen LogP contribution in [-0.2, 0) is 10.8 Å². The van der Waals surface area contributed by atoms with Crippen LogP contribution >= 0.6 is 11.3 Å². The van der Waals surface area contributed by atoms with Crippen molar-refractivity contribution in [1.82, 2.24) is 29.9 Å². The van der Waals surface area contributed by atoms with Crippen LogP contribution in [0, 0.1) is 0 Å². The lowest BCUT2D eigenvalue weighted by Crippen LogP contribution is -2.27. The molecule has 0 unspecified atom stereocenters. The van der Waals surface area contributed by atoms with E-state index in [2.05, 4.69) is 261 Å². The van der Waals surface area contributed by atoms with E-state index in [4.69, 9.17) is 34.3 Å². The number of thiophene rings is 1. The fraction of sp³-hybridized carbons (Fsp3) is 0.118. The number of furan rings is 1. The molecule has 110 heavy (non-hydrogen) atoms. The third kappa shape index (κ3) is 11.3. The zero-order chi connectivity index (χ0) is 72.7. The van der Waals surface area contributed by atoms with Crippen LogP contribution in [0.15, 0.2) is 332 Å². The van der Waals surface area contributed by atoms with Gasteiger partial charge in [-0.05, 0) is 175 Å². The van der Waals surface area contributed by atoms with Crippen LogP contribution in [0.25, 0.3) is 177 Å². The molecule has 0 radical (unpaired) electrons. The highest BCUT2D eigenvalue weighted by Crippen LogP contribution is 2.60. The number of fused-ring (bicyclic) bond motifs is 16. The lowest BCUT2D eigenvalue weighted by Gasteiger charge is -2.36. The Labute approximate surface area is 643 Å². The molecular weight excluding hydrogens is 1360 g/mol. The molecule has 2 spiro atoms. The summed E-state index contributed by atoms with van der Waals surface area (Å²) in [5.41, 5.74) is 29.1. The summed E-state index contributed by atoms with van der Waals surface area (Å²) in [4.78, 5) is 30.3. The molecule has 0 atom stereocenters. The van der Waals surface area contributed by atoms with Crippen molar-refractivity contribution in [3.63, 3.8) is 0 Å². The Morgan fingerprint density at radius 1 is 0.218 bits per heavy atom. The van der Waals surface area contributed by atoms with E-state index in [1.807, 2.05) is 78.1 Å². The number of nitrogens with zero attached hydrogens (tertiary/aromatic N) is 6. The molecule has 14 aromatic carbocycles. The van der Waals surface area contributed by atoms with Gasteiger partial charge in [0.15, 0.2) is 34.9 Å². The number of benzene rings is 14. The van der Waals surface area contributed by atoms with Gasteiger partial charge in [0.2, 0.25) is 0 Å². The van der Waals surface area contributed by atoms with Gasteiger partial charge in [0, 0.05) is 75.2 Å². The van der Waals surface area contributed by atoms with Crippen molar-refractivity contribution in [1.29, 1.82) is 0 Å². The average molecular weight is 1430 g/mol. The molecule has 524 valence electrons. The van der Waals surface area contributed by atoms with Crippen molar-refractivity contribution in [2.24, 2.45) is 0 Å². The molecule has 0 amide bonds. The number of hydrogen-bond acceptors (Lipinski definition) is 8. The topological polar surface area (TPSA) is 90.5 Å². The molecule has 0 saturated heterocycles. The highest BCUT2D eigenvalue weighted by Gasteiger charge is 2.46. The molecule has 7 nitrogen and oxygen atoms in total. The molecule has 0 aliphatic heterocycles. The Morgan fingerprint density at radius 3 is 0.927 bits per heavy atom. The second-order valence-corrected chi connectivity index (χ2v) is 31.2. The third-order valence-corrected chi connectivity index (χ3v) is 25.1. The van der Waals surface area contributed by atoms with Gasteiger partial charge in [-0.25, -0.2) is 29.9 Å². The second kappa shape index (κ2) is 27.1. The molecular formula is C102H74N6OS. The van der Waals surface area contributed by atoms with Gasteiger partial charge in [0.05, 0.1) is 0 Å². The van der Waals surface area contributed by atoms with Crippen LogP contribution in [0.5, 0.6) is 0 Å². The molecule has 8 heteroatoms. The largest absolute Gasteiger partial charge is 0.456 e. The summed E-state index contributed by atoms with van der Waals surface area (Å²) in [5, 5.41) is 4.62. The van der Waals surface area contributed by atoms with Crippen LogP contribution < -0.4 is 0 Å². The van der Waals surface area contributed by atoms with Crippen LogP contribution in [0.1, 0.15) is 86.5 Å². The van der Waals surface area contributed by atoms with Crippen molar-refractivity contribution >= 4 is 53.4 Å². The lowest BCUT2D eigenvalue weighted by molar-refractivity contribution is 0.353. The van der Waals surface area contributed by atoms with Crippen molar-refractivity contribution in [3.05, 3.63) is 350 Å². The fourth-order valence-corrected chi connectivity index (χ4v) is 19.7. The SMILES string of the molecule is c1ccc(-c2ccc(-c3nc(-c4ccccc4)nc(-c4ccc5oc6ccc(-c7cccc8c7-c7ccccc7C87CCCCC7)cc6c5c4)n3)cc2)cc1.c1ccc(-c2ccc(-c3nc(-c4ccccc4)nc(-c4ccc5sc6ccc(-c7cccc8c7-c7ccccc7C87CCCCC7)cc6c5c4)n3)cc2)cc1. The van der Waals surface area contributed by atoms with Crippen molar-refractivity contribution in [3.8, 4) is 135 Å². The predicted molar refractivity (Wildman–Crippen MR) is 453 cm³/mol. The van der Waals surface area contributed by atoms with E-state index in [1.54, 1.807) is 0 Å². The summed E-state index contributed by atoms with van der Waals surface area (Å²) in [6.07, 6.45) is 12.7. The first-order valence-electron chi connectivity index (χ1n) is 38.8. The monoisotopic (exact) mass is 1430 g/mol. The highest BCUT2D eigenvalue weighted by molar-refractivity contribution is 7.25. The summed E-state index contributed by atoms with van der Waals surface area (Å²) in [6.45, 7) is 0. The van der Waals surface area contributed by atoms with Gasteiger partial charge in [-0.15, -0.1) is 11.3 Å². The van der Waals surface area contributed by atoms with E-state index < -0.39 is 0 Å². The Balaban J connectivity index is 0.000000140. The highest BCUT2D eigenvalue weighted by atomic mass is 32.1. The van der Waals surface area contributed by atoms with Gasteiger partial charge in [-0.1, -0.05) is 305 Å². The standard InChI is InChI=1S/C51H37N3O.C51H37N3S/c2*1-4-13-33(14-5-1)34-21-23-36(24-22-34)49-52-48(35-15-6-2-7-16-35)53-50(54-49)38-26-28-46-42(32-38)41-31-37(25-27-45(41)55-46)39-18-12-20-44-47(39)40-17-8-9-19-43(40)51(44)29-10-3-11-30-51/h2*1-2,4-9,12-28,31-32H,3,10-11,29-30H2. The number of hydrogen-bond donors (Lipinski definition) is 0. The Bertz CT molecular complexity index is 6180. The van der Waals surface area contributed by atoms with Crippen molar-refractivity contribution < 1.29 is 4.42 Å². The maximum Gasteiger partial charge on any atom is 0.164 e. The summed E-state index contributed by atoms with van der Waals surface area (Å²) in [7, 11) is 0. The van der Waals surface area contributed by atoms with Gasteiger partial charge >= 0.3 is 0 Å². The van der Waals surface area contributed by atoms with Gasteiger partial charge in [0.1, 0.15) is 11.2 Å². The molecule has 4 aliphatic rings. The smallest absolute Gasteiger partial charge is 0.164 e. The molecule has 18 aromatic rings. The quantitative estimate of drug-likeness (QED) is 0.135. The predicted octanol–water partition coefficient (Wildman–Crippen LogP) is 27.1. The molecule has 4 aromatic heterocycles. The zero-order valence-corrected chi connectivity index (χ0v) is 61.6. The minimum Gasteiger partial charge on any atom is -0.456 e. The van der Waals surface area contributed by atoms with Crippen LogP contribution in [0.2, 0.25) is 0 Å². The summed E-state index contributed by atoms with van der Waals surface area (Å²) >= 11 is 1.85. The Hall–Kier alpha value is -12.9. The minimum absolute atomic E-state index is 0.119. The van der Waals surface area contributed by atoms with E-state index in [1.165, 1.54) is 162 Å². The summed E-state index contributed by atoms with van der Waals surface area (Å²) < 4.78 is 9.00. The second-order valence-electron chi connectivity index (χ2n) is 30.1. The zero-order valence-electron chi connectivity index (χ0n) is 60.7. The van der Waals surface area contributed by atoms with E-state index in [0.29, 0.717) is 34.9 Å². The lowest BCUT2D eigenvalue weighted by atomic mass is 9.68. The van der Waals surface area contributed by atoms with Gasteiger partial charge in [-0.3, -0.25) is 0 Å².